The van der Waals surface area contributed by atoms with Gasteiger partial charge in [-0.3, -0.25) is 5.43 Å². The molecule has 0 saturated heterocycles. The highest BCUT2D eigenvalue weighted by Crippen LogP contribution is 2.40. The summed E-state index contributed by atoms with van der Waals surface area (Å²) in [6.45, 7) is 0.648. The monoisotopic (exact) mass is 327 g/mol. The molecule has 1 N–H and O–H groups in total. The smallest absolute Gasteiger partial charge is 0.203 e. The zero-order valence-electron chi connectivity index (χ0n) is 14.1. The van der Waals surface area contributed by atoms with Gasteiger partial charge in [0, 0.05) is 17.7 Å². The molecule has 0 atom stereocenters. The third-order valence-corrected chi connectivity index (χ3v) is 3.95. The van der Waals surface area contributed by atoms with Crippen molar-refractivity contribution in [2.45, 2.75) is 6.42 Å². The molecule has 6 heteroatoms. The van der Waals surface area contributed by atoms with Crippen molar-refractivity contribution in [1.29, 1.82) is 0 Å². The van der Waals surface area contributed by atoms with Gasteiger partial charge in [0.2, 0.25) is 5.75 Å². The fraction of sp³-hybridized carbons (Fsp3) is 0.278. The Bertz CT molecular complexity index is 732. The Morgan fingerprint density at radius 1 is 0.958 bits per heavy atom. The van der Waals surface area contributed by atoms with Crippen molar-refractivity contribution in [2.24, 2.45) is 5.10 Å². The molecule has 1 heterocycles. The molecule has 0 unspecified atom stereocenters. The molecule has 126 valence electrons. The first kappa shape index (κ1) is 16.0. The van der Waals surface area contributed by atoms with Gasteiger partial charge in [0.05, 0.1) is 21.3 Å². The van der Waals surface area contributed by atoms with Crippen molar-refractivity contribution in [3.63, 3.8) is 0 Å². The van der Waals surface area contributed by atoms with E-state index in [1.54, 1.807) is 21.3 Å². The third kappa shape index (κ3) is 2.95. The summed E-state index contributed by atoms with van der Waals surface area (Å²) in [6.07, 6.45) is 0.616. The highest BCUT2D eigenvalue weighted by Gasteiger charge is 2.23. The number of amidine groups is 1. The number of nitrogens with one attached hydrogen (secondary N) is 1. The van der Waals surface area contributed by atoms with Crippen LogP contribution in [0.4, 0.5) is 5.69 Å². The Morgan fingerprint density at radius 3 is 2.38 bits per heavy atom. The van der Waals surface area contributed by atoms with Crippen molar-refractivity contribution in [1.82, 2.24) is 5.43 Å². The van der Waals surface area contributed by atoms with Gasteiger partial charge in [-0.2, -0.15) is 5.10 Å². The lowest BCUT2D eigenvalue weighted by Crippen LogP contribution is -2.30. The summed E-state index contributed by atoms with van der Waals surface area (Å²) in [7, 11) is 4.85. The largest absolute Gasteiger partial charge is 0.493 e. The van der Waals surface area contributed by atoms with Gasteiger partial charge >= 0.3 is 0 Å². The first-order chi connectivity index (χ1) is 11.8. The number of anilines is 1. The highest BCUT2D eigenvalue weighted by atomic mass is 16.5. The zero-order valence-corrected chi connectivity index (χ0v) is 14.1. The maximum absolute atomic E-state index is 5.56. The van der Waals surface area contributed by atoms with E-state index in [4.69, 9.17) is 14.2 Å². The molecule has 2 aromatic carbocycles. The van der Waals surface area contributed by atoms with E-state index in [1.165, 1.54) is 0 Å². The summed E-state index contributed by atoms with van der Waals surface area (Å²) < 4.78 is 16.4. The number of nitrogens with zero attached hydrogens (tertiary/aromatic N) is 2. The molecular formula is C18H21N3O3. The van der Waals surface area contributed by atoms with Crippen LogP contribution in [0.2, 0.25) is 0 Å². The molecular weight excluding hydrogens is 306 g/mol. The van der Waals surface area contributed by atoms with Crippen molar-refractivity contribution < 1.29 is 14.2 Å². The van der Waals surface area contributed by atoms with E-state index in [2.05, 4.69) is 27.6 Å². The average molecular weight is 327 g/mol. The SMILES string of the molecule is COc1ccc(CC2=NNCN2c2ccccc2)c(OC)c1OC. The number of rotatable bonds is 6. The number of hydrogen-bond acceptors (Lipinski definition) is 6. The summed E-state index contributed by atoms with van der Waals surface area (Å²) in [6, 6.07) is 14.0. The van der Waals surface area contributed by atoms with Gasteiger partial charge in [0.25, 0.3) is 0 Å². The van der Waals surface area contributed by atoms with E-state index in [1.807, 2.05) is 30.3 Å². The molecule has 0 bridgehead atoms. The van der Waals surface area contributed by atoms with Gasteiger partial charge in [-0.1, -0.05) is 24.3 Å². The molecule has 6 nitrogen and oxygen atoms in total. The van der Waals surface area contributed by atoms with Crippen molar-refractivity contribution in [3.8, 4) is 17.2 Å². The summed E-state index contributed by atoms with van der Waals surface area (Å²) >= 11 is 0. The van der Waals surface area contributed by atoms with Crippen LogP contribution in [0.15, 0.2) is 47.6 Å². The van der Waals surface area contributed by atoms with Crippen molar-refractivity contribution in [3.05, 3.63) is 48.0 Å². The lowest BCUT2D eigenvalue weighted by Gasteiger charge is -2.21. The number of hydrazone groups is 1. The predicted molar refractivity (Wildman–Crippen MR) is 94.2 cm³/mol. The zero-order chi connectivity index (χ0) is 16.9. The van der Waals surface area contributed by atoms with Gasteiger partial charge in [0.1, 0.15) is 12.5 Å². The van der Waals surface area contributed by atoms with Crippen LogP contribution < -0.4 is 24.5 Å². The Kier molecular flexibility index (Phi) is 4.74. The second-order valence-electron chi connectivity index (χ2n) is 5.28. The first-order valence-electron chi connectivity index (χ1n) is 7.68. The second-order valence-corrected chi connectivity index (χ2v) is 5.28. The van der Waals surface area contributed by atoms with Crippen LogP contribution in [0, 0.1) is 0 Å². The standard InChI is InChI=1S/C18H21N3O3/c1-22-15-10-9-13(17(23-2)18(15)24-3)11-16-20-19-12-21(16)14-7-5-4-6-8-14/h4-10,19H,11-12H2,1-3H3. The molecule has 0 aromatic heterocycles. The molecule has 24 heavy (non-hydrogen) atoms. The van der Waals surface area contributed by atoms with Crippen molar-refractivity contribution >= 4 is 11.5 Å². The maximum atomic E-state index is 5.56. The quantitative estimate of drug-likeness (QED) is 0.884. The fourth-order valence-corrected chi connectivity index (χ4v) is 2.80. The fourth-order valence-electron chi connectivity index (χ4n) is 2.80. The van der Waals surface area contributed by atoms with Crippen LogP contribution in [0.25, 0.3) is 0 Å². The Labute approximate surface area is 141 Å². The van der Waals surface area contributed by atoms with E-state index in [-0.39, 0.29) is 0 Å². The summed E-state index contributed by atoms with van der Waals surface area (Å²) in [4.78, 5) is 2.14. The Morgan fingerprint density at radius 2 is 1.71 bits per heavy atom. The van der Waals surface area contributed by atoms with Gasteiger partial charge in [-0.05, 0) is 18.2 Å². The van der Waals surface area contributed by atoms with Crippen LogP contribution in [0.5, 0.6) is 17.2 Å². The first-order valence-corrected chi connectivity index (χ1v) is 7.68. The lowest BCUT2D eigenvalue weighted by atomic mass is 10.1. The molecule has 0 aliphatic carbocycles. The predicted octanol–water partition coefficient (Wildman–Crippen LogP) is 2.64. The van der Waals surface area contributed by atoms with E-state index >= 15 is 0 Å². The van der Waals surface area contributed by atoms with Gasteiger partial charge < -0.3 is 19.1 Å². The van der Waals surface area contributed by atoms with Crippen LogP contribution in [-0.4, -0.2) is 33.8 Å². The van der Waals surface area contributed by atoms with Crippen LogP contribution in [-0.2, 0) is 6.42 Å². The molecule has 3 rings (SSSR count). The third-order valence-electron chi connectivity index (χ3n) is 3.95. The summed E-state index contributed by atoms with van der Waals surface area (Å²) in [5, 5.41) is 4.43. The topological polar surface area (TPSA) is 55.3 Å². The van der Waals surface area contributed by atoms with Gasteiger partial charge in [-0.15, -0.1) is 0 Å². The maximum Gasteiger partial charge on any atom is 0.203 e. The number of ether oxygens (including phenoxy) is 3. The Balaban J connectivity index is 1.91. The Hall–Kier alpha value is -2.89. The van der Waals surface area contributed by atoms with E-state index in [0.29, 0.717) is 30.3 Å². The number of hydrogen-bond donors (Lipinski definition) is 1. The van der Waals surface area contributed by atoms with E-state index in [9.17, 15) is 0 Å². The number of benzene rings is 2. The molecule has 1 aliphatic rings. The van der Waals surface area contributed by atoms with Crippen molar-refractivity contribution in [2.75, 3.05) is 32.9 Å². The number of methoxy groups -OCH3 is 3. The average Bonchev–Trinajstić information content (AvgIpc) is 3.10. The van der Waals surface area contributed by atoms with Crippen LogP contribution in [0.3, 0.4) is 0 Å². The van der Waals surface area contributed by atoms with Crippen LogP contribution >= 0.6 is 0 Å². The molecule has 0 spiro atoms. The summed E-state index contributed by atoms with van der Waals surface area (Å²) in [5.74, 6) is 2.83. The minimum absolute atomic E-state index is 0.593. The molecule has 0 fully saturated rings. The normalized spacial score (nSPS) is 13.3. The van der Waals surface area contributed by atoms with E-state index in [0.717, 1.165) is 17.1 Å². The number of para-hydroxylation sites is 1. The highest BCUT2D eigenvalue weighted by molar-refractivity contribution is 6.00. The molecule has 0 saturated carbocycles. The minimum Gasteiger partial charge on any atom is -0.493 e. The van der Waals surface area contributed by atoms with E-state index < -0.39 is 0 Å². The molecule has 2 aromatic rings. The summed E-state index contributed by atoms with van der Waals surface area (Å²) in [5.41, 5.74) is 5.13. The van der Waals surface area contributed by atoms with Crippen LogP contribution in [0.1, 0.15) is 5.56 Å². The lowest BCUT2D eigenvalue weighted by molar-refractivity contribution is 0.322. The van der Waals surface area contributed by atoms with Gasteiger partial charge in [0.15, 0.2) is 11.5 Å². The molecule has 0 amide bonds. The van der Waals surface area contributed by atoms with Gasteiger partial charge in [-0.25, -0.2) is 0 Å². The second kappa shape index (κ2) is 7.12. The minimum atomic E-state index is 0.593. The molecule has 0 radical (unpaired) electrons. The molecule has 1 aliphatic heterocycles.